The van der Waals surface area contributed by atoms with Crippen molar-refractivity contribution < 1.29 is 14.0 Å². The highest BCUT2D eigenvalue weighted by Gasteiger charge is 2.28. The van der Waals surface area contributed by atoms with Crippen LogP contribution in [0.1, 0.15) is 62.2 Å². The summed E-state index contributed by atoms with van der Waals surface area (Å²) in [6.45, 7) is 11.3. The van der Waals surface area contributed by atoms with E-state index in [9.17, 15) is 4.79 Å². The maximum absolute atomic E-state index is 12.0. The molecular weight excluding hydrogens is 332 g/mol. The average Bonchev–Trinajstić information content (AvgIpc) is 2.92. The molecule has 136 valence electrons. The minimum Gasteiger partial charge on any atom is -0.534 e. The Labute approximate surface area is 151 Å². The van der Waals surface area contributed by atoms with E-state index in [0.29, 0.717) is 11.4 Å². The van der Waals surface area contributed by atoms with Gasteiger partial charge in [-0.2, -0.15) is 5.10 Å². The summed E-state index contributed by atoms with van der Waals surface area (Å²) >= 11 is 0. The van der Waals surface area contributed by atoms with Gasteiger partial charge in [-0.05, 0) is 49.4 Å². The van der Waals surface area contributed by atoms with Crippen molar-refractivity contribution in [2.24, 2.45) is 0 Å². The van der Waals surface area contributed by atoms with E-state index in [0.717, 1.165) is 48.6 Å². The van der Waals surface area contributed by atoms with E-state index in [1.165, 1.54) is 0 Å². The van der Waals surface area contributed by atoms with Crippen molar-refractivity contribution in [3.05, 3.63) is 23.3 Å². The summed E-state index contributed by atoms with van der Waals surface area (Å²) in [6.07, 6.45) is 3.96. The smallest absolute Gasteiger partial charge is 0.231 e. The van der Waals surface area contributed by atoms with E-state index < -0.39 is 9.04 Å². The van der Waals surface area contributed by atoms with Crippen LogP contribution in [0.4, 0.5) is 0 Å². The number of carbonyl (C=O) groups is 1. The van der Waals surface area contributed by atoms with E-state index in [2.05, 4.69) is 33.9 Å². The molecule has 1 atom stereocenters. The molecule has 0 saturated carbocycles. The summed E-state index contributed by atoms with van der Waals surface area (Å²) in [7, 11) is -1.37. The summed E-state index contributed by atoms with van der Waals surface area (Å²) in [4.78, 5) is 12.0. The molecule has 1 saturated heterocycles. The van der Waals surface area contributed by atoms with Crippen LogP contribution in [-0.2, 0) is 10.2 Å². The van der Waals surface area contributed by atoms with Gasteiger partial charge in [0.15, 0.2) is 12.5 Å². The normalized spacial score (nSPS) is 18.7. The molecule has 0 N–H and O–H groups in total. The molecule has 0 bridgehead atoms. The number of carbonyl (C=O) groups excluding carboxylic acids is 1. The molecule has 1 fully saturated rings. The number of benzene rings is 1. The molecule has 2 heterocycles. The highest BCUT2D eigenvalue weighted by molar-refractivity contribution is 6.49. The molecule has 6 heteroatoms. The van der Waals surface area contributed by atoms with Crippen LogP contribution in [0.25, 0.3) is 10.9 Å². The lowest BCUT2D eigenvalue weighted by Gasteiger charge is -2.25. The predicted molar refractivity (Wildman–Crippen MR) is 102 cm³/mol. The number of aldehydes is 1. The SMILES string of the molecule is C[SiH](C)Oc1c2c(C=O)c(C(C)(C)C)ccc2nn1C1CCCCO1. The highest BCUT2D eigenvalue weighted by Crippen LogP contribution is 2.38. The first-order chi connectivity index (χ1) is 11.8. The third-order valence-corrected chi connectivity index (χ3v) is 5.26. The first-order valence-corrected chi connectivity index (χ1v) is 11.9. The fraction of sp³-hybridized carbons (Fsp3) is 0.579. The number of hydrogen-bond donors (Lipinski definition) is 0. The second-order valence-corrected chi connectivity index (χ2v) is 10.4. The molecular formula is C19H28N2O3Si. The molecule has 0 spiro atoms. The van der Waals surface area contributed by atoms with Crippen LogP contribution in [0.3, 0.4) is 0 Å². The Morgan fingerprint density at radius 1 is 1.32 bits per heavy atom. The third-order valence-electron chi connectivity index (χ3n) is 4.56. The summed E-state index contributed by atoms with van der Waals surface area (Å²) in [6, 6.07) is 4.01. The van der Waals surface area contributed by atoms with Crippen LogP contribution in [0.5, 0.6) is 5.88 Å². The average molecular weight is 361 g/mol. The molecule has 1 unspecified atom stereocenters. The topological polar surface area (TPSA) is 53.3 Å². The number of ether oxygens (including phenoxy) is 1. The van der Waals surface area contributed by atoms with Crippen LogP contribution in [-0.4, -0.2) is 31.7 Å². The van der Waals surface area contributed by atoms with Gasteiger partial charge in [-0.15, -0.1) is 0 Å². The quantitative estimate of drug-likeness (QED) is 0.605. The lowest BCUT2D eigenvalue weighted by atomic mass is 9.83. The van der Waals surface area contributed by atoms with Crippen molar-refractivity contribution in [2.75, 3.05) is 6.61 Å². The number of aromatic nitrogens is 2. The van der Waals surface area contributed by atoms with Crippen LogP contribution in [0, 0.1) is 0 Å². The maximum Gasteiger partial charge on any atom is 0.231 e. The van der Waals surface area contributed by atoms with Crippen molar-refractivity contribution in [3.8, 4) is 5.88 Å². The lowest BCUT2D eigenvalue weighted by molar-refractivity contribution is -0.0415. The lowest BCUT2D eigenvalue weighted by Crippen LogP contribution is -2.22. The molecule has 0 radical (unpaired) electrons. The second-order valence-electron chi connectivity index (χ2n) is 8.03. The van der Waals surface area contributed by atoms with Gasteiger partial charge in [0.1, 0.15) is 0 Å². The van der Waals surface area contributed by atoms with Crippen LogP contribution in [0.2, 0.25) is 13.1 Å². The van der Waals surface area contributed by atoms with Gasteiger partial charge in [0.2, 0.25) is 14.9 Å². The minimum absolute atomic E-state index is 0.110. The van der Waals surface area contributed by atoms with E-state index >= 15 is 0 Å². The number of hydrogen-bond acceptors (Lipinski definition) is 4. The standard InChI is InChI=1S/C19H28N2O3Si/c1-19(2,3)14-9-10-15-17(13(14)12-22)18(24-25(4)5)21(20-15)16-8-6-7-11-23-16/h9-10,12,16,25H,6-8,11H2,1-5H3. The maximum atomic E-state index is 12.0. The van der Waals surface area contributed by atoms with Crippen LogP contribution in [0.15, 0.2) is 12.1 Å². The number of nitrogens with zero attached hydrogens (tertiary/aromatic N) is 2. The molecule has 2 aromatic rings. The first kappa shape index (κ1) is 18.1. The summed E-state index contributed by atoms with van der Waals surface area (Å²) < 4.78 is 14.1. The molecule has 25 heavy (non-hydrogen) atoms. The highest BCUT2D eigenvalue weighted by atomic mass is 28.3. The van der Waals surface area contributed by atoms with Gasteiger partial charge < -0.3 is 9.16 Å². The number of fused-ring (bicyclic) bond motifs is 1. The van der Waals surface area contributed by atoms with Crippen molar-refractivity contribution in [3.63, 3.8) is 0 Å². The molecule has 1 aliphatic rings. The van der Waals surface area contributed by atoms with E-state index in [-0.39, 0.29) is 11.6 Å². The summed E-state index contributed by atoms with van der Waals surface area (Å²) in [5.74, 6) is 0.705. The zero-order valence-electron chi connectivity index (χ0n) is 15.8. The minimum atomic E-state index is -1.37. The molecule has 0 aliphatic carbocycles. The van der Waals surface area contributed by atoms with Gasteiger partial charge in [-0.3, -0.25) is 4.79 Å². The van der Waals surface area contributed by atoms with Crippen LogP contribution >= 0.6 is 0 Å². The van der Waals surface area contributed by atoms with Crippen molar-refractivity contribution >= 4 is 26.2 Å². The first-order valence-electron chi connectivity index (χ1n) is 9.12. The predicted octanol–water partition coefficient (Wildman–Crippen LogP) is 4.21. The van der Waals surface area contributed by atoms with Gasteiger partial charge in [-0.25, -0.2) is 4.68 Å². The van der Waals surface area contributed by atoms with Crippen molar-refractivity contribution in [2.45, 2.75) is 64.8 Å². The Balaban J connectivity index is 2.25. The van der Waals surface area contributed by atoms with Gasteiger partial charge in [-0.1, -0.05) is 26.8 Å². The van der Waals surface area contributed by atoms with Crippen molar-refractivity contribution in [1.29, 1.82) is 0 Å². The van der Waals surface area contributed by atoms with Gasteiger partial charge in [0, 0.05) is 12.2 Å². The monoisotopic (exact) mass is 360 g/mol. The zero-order valence-corrected chi connectivity index (χ0v) is 17.0. The molecule has 0 amide bonds. The van der Waals surface area contributed by atoms with E-state index in [4.69, 9.17) is 14.3 Å². The molecule has 5 nitrogen and oxygen atoms in total. The van der Waals surface area contributed by atoms with E-state index in [1.807, 2.05) is 16.8 Å². The van der Waals surface area contributed by atoms with E-state index in [1.54, 1.807) is 0 Å². The van der Waals surface area contributed by atoms with Gasteiger partial charge in [0.25, 0.3) is 0 Å². The second kappa shape index (κ2) is 6.92. The Morgan fingerprint density at radius 3 is 2.64 bits per heavy atom. The molecule has 1 aromatic heterocycles. The van der Waals surface area contributed by atoms with Crippen LogP contribution < -0.4 is 4.43 Å². The third kappa shape index (κ3) is 3.51. The van der Waals surface area contributed by atoms with Crippen molar-refractivity contribution in [1.82, 2.24) is 9.78 Å². The molecule has 3 rings (SSSR count). The fourth-order valence-electron chi connectivity index (χ4n) is 3.42. The summed E-state index contributed by atoms with van der Waals surface area (Å²) in [5.41, 5.74) is 2.39. The number of rotatable bonds is 4. The molecule has 1 aliphatic heterocycles. The largest absolute Gasteiger partial charge is 0.534 e. The Kier molecular flexibility index (Phi) is 5.02. The summed E-state index contributed by atoms with van der Waals surface area (Å²) in [5, 5.41) is 5.58. The van der Waals surface area contributed by atoms with Gasteiger partial charge >= 0.3 is 0 Å². The Hall–Kier alpha value is -1.66. The molecule has 1 aromatic carbocycles. The Morgan fingerprint density at radius 2 is 2.08 bits per heavy atom. The van der Waals surface area contributed by atoms with Gasteiger partial charge in [0.05, 0.1) is 10.9 Å². The fourth-order valence-corrected chi connectivity index (χ4v) is 4.09. The zero-order chi connectivity index (χ0) is 18.2. The Bertz CT molecular complexity index is 771.